The molecule has 28 heavy (non-hydrogen) atoms. The first kappa shape index (κ1) is 17.6. The summed E-state index contributed by atoms with van der Waals surface area (Å²) < 4.78 is 22.6. The van der Waals surface area contributed by atoms with Gasteiger partial charge in [0, 0.05) is 6.07 Å². The van der Waals surface area contributed by atoms with Crippen molar-refractivity contribution in [1.29, 1.82) is 0 Å². The lowest BCUT2D eigenvalue weighted by Crippen LogP contribution is -2.04. The normalized spacial score (nSPS) is 11.4. The summed E-state index contributed by atoms with van der Waals surface area (Å²) in [5.41, 5.74) is 1.57. The molecule has 140 valence electrons. The van der Waals surface area contributed by atoms with E-state index in [1.54, 1.807) is 31.4 Å². The Morgan fingerprint density at radius 2 is 1.86 bits per heavy atom. The molecule has 0 radical (unpaired) electrons. The Labute approximate surface area is 159 Å². The molecule has 0 aliphatic heterocycles. The van der Waals surface area contributed by atoms with E-state index in [1.165, 1.54) is 25.5 Å². The Morgan fingerprint density at radius 3 is 2.61 bits per heavy atom. The van der Waals surface area contributed by atoms with Crippen LogP contribution >= 0.6 is 0 Å². The molecule has 0 unspecified atom stereocenters. The molecule has 0 spiro atoms. The summed E-state index contributed by atoms with van der Waals surface area (Å²) in [5.74, 6) is 1.27. The van der Waals surface area contributed by atoms with Crippen LogP contribution in [0.4, 0.5) is 0 Å². The van der Waals surface area contributed by atoms with Crippen LogP contribution in [0.15, 0.2) is 62.4 Å². The molecule has 4 aromatic rings. The molecule has 2 heterocycles. The van der Waals surface area contributed by atoms with Crippen molar-refractivity contribution in [2.75, 3.05) is 14.2 Å². The van der Waals surface area contributed by atoms with Crippen molar-refractivity contribution in [3.05, 3.63) is 64.5 Å². The molecule has 0 atom stereocenters. The van der Waals surface area contributed by atoms with Crippen LogP contribution in [0.5, 0.6) is 11.5 Å². The summed E-state index contributed by atoms with van der Waals surface area (Å²) in [6.07, 6.45) is 5.01. The number of hydrogen-bond acceptors (Lipinski definition) is 6. The minimum atomic E-state index is -0.275. The zero-order valence-electron chi connectivity index (χ0n) is 15.2. The van der Waals surface area contributed by atoms with Crippen molar-refractivity contribution in [3.63, 3.8) is 0 Å². The van der Waals surface area contributed by atoms with Crippen LogP contribution in [0.2, 0.25) is 0 Å². The molecule has 0 N–H and O–H groups in total. The van der Waals surface area contributed by atoms with Crippen molar-refractivity contribution >= 4 is 34.3 Å². The fourth-order valence-electron chi connectivity index (χ4n) is 3.31. The van der Waals surface area contributed by atoms with Gasteiger partial charge in [0.1, 0.15) is 34.5 Å². The van der Waals surface area contributed by atoms with Gasteiger partial charge in [-0.3, -0.25) is 9.59 Å². The molecule has 0 fully saturated rings. The minimum absolute atomic E-state index is 0.269. The number of carbonyl (C=O) groups excluding carboxylic acids is 1. The van der Waals surface area contributed by atoms with Gasteiger partial charge in [0.05, 0.1) is 37.0 Å². The van der Waals surface area contributed by atoms with Crippen LogP contribution in [0.25, 0.3) is 39.3 Å². The molecule has 6 heteroatoms. The van der Waals surface area contributed by atoms with Gasteiger partial charge in [-0.2, -0.15) is 0 Å². The second-order valence-electron chi connectivity index (χ2n) is 5.98. The zero-order valence-corrected chi connectivity index (χ0v) is 15.2. The first-order valence-electron chi connectivity index (χ1n) is 8.49. The van der Waals surface area contributed by atoms with Crippen LogP contribution in [0.3, 0.4) is 0 Å². The molecule has 0 saturated heterocycles. The summed E-state index contributed by atoms with van der Waals surface area (Å²) in [5, 5.41) is 0.901. The number of carbonyl (C=O) groups is 1. The largest absolute Gasteiger partial charge is 0.496 e. The van der Waals surface area contributed by atoms with Crippen LogP contribution in [0.1, 0.15) is 5.56 Å². The lowest BCUT2D eigenvalue weighted by Gasteiger charge is -2.12. The van der Waals surface area contributed by atoms with Gasteiger partial charge in [-0.1, -0.05) is 12.1 Å². The van der Waals surface area contributed by atoms with Crippen molar-refractivity contribution in [2.45, 2.75) is 0 Å². The van der Waals surface area contributed by atoms with Gasteiger partial charge in [-0.15, -0.1) is 0 Å². The van der Waals surface area contributed by atoms with E-state index in [2.05, 4.69) is 0 Å². The van der Waals surface area contributed by atoms with Crippen LogP contribution in [-0.2, 0) is 4.79 Å². The number of methoxy groups -OCH3 is 2. The van der Waals surface area contributed by atoms with Crippen LogP contribution < -0.4 is 14.9 Å². The van der Waals surface area contributed by atoms with Crippen molar-refractivity contribution < 1.29 is 23.1 Å². The Kier molecular flexibility index (Phi) is 4.45. The lowest BCUT2D eigenvalue weighted by atomic mass is 10.0. The zero-order chi connectivity index (χ0) is 19.7. The summed E-state index contributed by atoms with van der Waals surface area (Å²) >= 11 is 0. The van der Waals surface area contributed by atoms with E-state index in [0.29, 0.717) is 45.6 Å². The summed E-state index contributed by atoms with van der Waals surface area (Å²) in [7, 11) is 3.03. The third kappa shape index (κ3) is 2.66. The Morgan fingerprint density at radius 1 is 1.04 bits per heavy atom. The standard InChI is InChI=1S/C22H16O6/c1-25-17-8-4-3-6-13(17)18-12-16(24)19-21(26-2)15-9-11-27-20(15)14(7-5-10-23)22(19)28-18/h3-12H,1-2H3/b7-5+. The molecule has 0 saturated carbocycles. The number of allylic oxidation sites excluding steroid dienone is 1. The number of fused-ring (bicyclic) bond motifs is 2. The van der Waals surface area contributed by atoms with Gasteiger partial charge in [-0.05, 0) is 30.4 Å². The van der Waals surface area contributed by atoms with E-state index >= 15 is 0 Å². The average molecular weight is 376 g/mol. The molecule has 6 nitrogen and oxygen atoms in total. The van der Waals surface area contributed by atoms with Crippen LogP contribution in [-0.4, -0.2) is 20.5 Å². The molecule has 2 aromatic heterocycles. The monoisotopic (exact) mass is 376 g/mol. The minimum Gasteiger partial charge on any atom is -0.496 e. The summed E-state index contributed by atoms with van der Waals surface area (Å²) in [6, 6.07) is 10.3. The lowest BCUT2D eigenvalue weighted by molar-refractivity contribution is -0.104. The predicted octanol–water partition coefficient (Wildman–Crippen LogP) is 4.44. The van der Waals surface area contributed by atoms with E-state index in [4.69, 9.17) is 18.3 Å². The van der Waals surface area contributed by atoms with E-state index in [1.807, 2.05) is 12.1 Å². The Balaban J connectivity index is 2.17. The van der Waals surface area contributed by atoms with E-state index in [9.17, 15) is 9.59 Å². The average Bonchev–Trinajstić information content (AvgIpc) is 3.20. The van der Waals surface area contributed by atoms with Gasteiger partial charge in [0.2, 0.25) is 0 Å². The molecular formula is C22H16O6. The SMILES string of the molecule is COc1ccccc1-c1cc(=O)c2c(OC)c3ccoc3c(/C=C/C=O)c2o1. The molecule has 0 aliphatic carbocycles. The van der Waals surface area contributed by atoms with Gasteiger partial charge in [0.25, 0.3) is 0 Å². The Bertz CT molecular complexity index is 1280. The molecule has 2 aromatic carbocycles. The highest BCUT2D eigenvalue weighted by Gasteiger charge is 2.21. The molecule has 0 aliphatic rings. The van der Waals surface area contributed by atoms with Gasteiger partial charge >= 0.3 is 0 Å². The molecule has 0 amide bonds. The molecule has 4 rings (SSSR count). The van der Waals surface area contributed by atoms with E-state index in [0.717, 1.165) is 0 Å². The quantitative estimate of drug-likeness (QED) is 0.379. The number of benzene rings is 2. The fourth-order valence-corrected chi connectivity index (χ4v) is 3.31. The third-order valence-electron chi connectivity index (χ3n) is 4.49. The number of hydrogen-bond donors (Lipinski definition) is 0. The smallest absolute Gasteiger partial charge is 0.197 e. The predicted molar refractivity (Wildman–Crippen MR) is 106 cm³/mol. The van der Waals surface area contributed by atoms with Gasteiger partial charge < -0.3 is 18.3 Å². The number of furan rings is 1. The van der Waals surface area contributed by atoms with Crippen LogP contribution in [0, 0.1) is 0 Å². The third-order valence-corrected chi connectivity index (χ3v) is 4.49. The van der Waals surface area contributed by atoms with E-state index in [-0.39, 0.29) is 16.4 Å². The maximum atomic E-state index is 13.0. The van der Waals surface area contributed by atoms with Crippen molar-refractivity contribution in [2.24, 2.45) is 0 Å². The second-order valence-corrected chi connectivity index (χ2v) is 5.98. The van der Waals surface area contributed by atoms with Crippen molar-refractivity contribution in [3.8, 4) is 22.8 Å². The Hall–Kier alpha value is -3.80. The van der Waals surface area contributed by atoms with Gasteiger partial charge in [-0.25, -0.2) is 0 Å². The second kappa shape index (κ2) is 7.08. The number of para-hydroxylation sites is 1. The highest BCUT2D eigenvalue weighted by Crippen LogP contribution is 2.40. The maximum Gasteiger partial charge on any atom is 0.197 e. The summed E-state index contributed by atoms with van der Waals surface area (Å²) in [6.45, 7) is 0. The molecular weight excluding hydrogens is 360 g/mol. The maximum absolute atomic E-state index is 13.0. The van der Waals surface area contributed by atoms with Crippen molar-refractivity contribution in [1.82, 2.24) is 0 Å². The summed E-state index contributed by atoms with van der Waals surface area (Å²) in [4.78, 5) is 23.9. The first-order chi connectivity index (χ1) is 13.7. The molecule has 0 bridgehead atoms. The van der Waals surface area contributed by atoms with Gasteiger partial charge in [0.15, 0.2) is 11.0 Å². The fraction of sp³-hybridized carbons (Fsp3) is 0.0909. The number of aldehydes is 1. The first-order valence-corrected chi connectivity index (χ1v) is 8.49. The highest BCUT2D eigenvalue weighted by atomic mass is 16.5. The highest BCUT2D eigenvalue weighted by molar-refractivity contribution is 6.08. The topological polar surface area (TPSA) is 78.9 Å². The number of ether oxygens (including phenoxy) is 2. The number of rotatable bonds is 5. The van der Waals surface area contributed by atoms with E-state index < -0.39 is 0 Å².